The first kappa shape index (κ1) is 16.5. The second kappa shape index (κ2) is 6.06. The van der Waals surface area contributed by atoms with E-state index in [0.29, 0.717) is 16.8 Å². The zero-order valence-electron chi connectivity index (χ0n) is 13.8. The molecular formula is C20H12N2O5. The van der Waals surface area contributed by atoms with Crippen LogP contribution in [-0.4, -0.2) is 21.8 Å². The Kier molecular flexibility index (Phi) is 3.70. The Bertz CT molecular complexity index is 1110. The van der Waals surface area contributed by atoms with Crippen molar-refractivity contribution >= 4 is 23.2 Å². The average molecular weight is 360 g/mol. The molecule has 3 aromatic rings. The van der Waals surface area contributed by atoms with Gasteiger partial charge in [0.25, 0.3) is 17.5 Å². The number of fused-ring (bicyclic) bond motifs is 1. The monoisotopic (exact) mass is 360 g/mol. The van der Waals surface area contributed by atoms with Gasteiger partial charge in [-0.15, -0.1) is 0 Å². The van der Waals surface area contributed by atoms with E-state index in [0.717, 1.165) is 4.90 Å². The summed E-state index contributed by atoms with van der Waals surface area (Å²) in [6.45, 7) is 0. The van der Waals surface area contributed by atoms with E-state index in [2.05, 4.69) is 0 Å². The number of imide groups is 1. The molecule has 27 heavy (non-hydrogen) atoms. The fraction of sp³-hybridized carbons (Fsp3) is 0. The minimum Gasteiger partial charge on any atom is -0.508 e. The molecule has 0 radical (unpaired) electrons. The number of phenols is 1. The van der Waals surface area contributed by atoms with Crippen LogP contribution >= 0.6 is 0 Å². The van der Waals surface area contributed by atoms with Crippen molar-refractivity contribution in [3.05, 3.63) is 88.0 Å². The number of benzene rings is 3. The van der Waals surface area contributed by atoms with E-state index in [1.165, 1.54) is 30.3 Å². The summed E-state index contributed by atoms with van der Waals surface area (Å²) in [4.78, 5) is 37.4. The molecule has 0 fully saturated rings. The number of carbonyl (C=O) groups is 2. The van der Waals surface area contributed by atoms with Crippen LogP contribution in [0.4, 0.5) is 11.4 Å². The quantitative estimate of drug-likeness (QED) is 0.435. The molecule has 0 atom stereocenters. The average Bonchev–Trinajstić information content (AvgIpc) is 2.93. The number of hydrogen-bond acceptors (Lipinski definition) is 5. The van der Waals surface area contributed by atoms with E-state index in [4.69, 9.17) is 0 Å². The third-order valence-electron chi connectivity index (χ3n) is 4.41. The molecule has 132 valence electrons. The van der Waals surface area contributed by atoms with Crippen molar-refractivity contribution in [2.75, 3.05) is 4.90 Å². The lowest BCUT2D eigenvalue weighted by Crippen LogP contribution is -2.30. The van der Waals surface area contributed by atoms with Crippen molar-refractivity contribution < 1.29 is 19.6 Å². The molecule has 0 bridgehead atoms. The predicted molar refractivity (Wildman–Crippen MR) is 97.8 cm³/mol. The molecule has 0 unspecified atom stereocenters. The number of anilines is 1. The van der Waals surface area contributed by atoms with Crippen LogP contribution in [0.2, 0.25) is 0 Å². The fourth-order valence-electron chi connectivity index (χ4n) is 3.19. The molecule has 1 aliphatic heterocycles. The lowest BCUT2D eigenvalue weighted by atomic mass is 10.0. The van der Waals surface area contributed by atoms with Crippen molar-refractivity contribution in [3.63, 3.8) is 0 Å². The highest BCUT2D eigenvalue weighted by atomic mass is 16.6. The maximum atomic E-state index is 12.9. The van der Waals surface area contributed by atoms with Gasteiger partial charge >= 0.3 is 0 Å². The largest absolute Gasteiger partial charge is 0.508 e. The van der Waals surface area contributed by atoms with Gasteiger partial charge in [-0.2, -0.15) is 0 Å². The van der Waals surface area contributed by atoms with Crippen molar-refractivity contribution in [1.82, 2.24) is 0 Å². The van der Waals surface area contributed by atoms with Gasteiger partial charge in [0.05, 0.1) is 16.2 Å². The first-order chi connectivity index (χ1) is 13.0. The molecule has 1 N–H and O–H groups in total. The van der Waals surface area contributed by atoms with Crippen LogP contribution in [0.15, 0.2) is 66.7 Å². The Hall–Kier alpha value is -4.00. The molecule has 3 aromatic carbocycles. The fourth-order valence-corrected chi connectivity index (χ4v) is 3.19. The highest BCUT2D eigenvalue weighted by Crippen LogP contribution is 2.38. The van der Waals surface area contributed by atoms with Crippen LogP contribution in [0.3, 0.4) is 0 Å². The topological polar surface area (TPSA) is 101 Å². The van der Waals surface area contributed by atoms with E-state index < -0.39 is 22.4 Å². The van der Waals surface area contributed by atoms with E-state index in [1.807, 2.05) is 0 Å². The minimum atomic E-state index is -0.728. The normalized spacial score (nSPS) is 13.0. The van der Waals surface area contributed by atoms with Crippen LogP contribution < -0.4 is 4.90 Å². The third kappa shape index (κ3) is 2.53. The van der Waals surface area contributed by atoms with Crippen molar-refractivity contribution in [3.8, 4) is 16.9 Å². The first-order valence-electron chi connectivity index (χ1n) is 8.03. The second-order valence-corrected chi connectivity index (χ2v) is 5.97. The summed E-state index contributed by atoms with van der Waals surface area (Å²) in [6, 6.07) is 17.1. The van der Waals surface area contributed by atoms with E-state index in [1.54, 1.807) is 36.4 Å². The molecule has 1 heterocycles. The summed E-state index contributed by atoms with van der Waals surface area (Å²) in [5.41, 5.74) is 1.02. The van der Waals surface area contributed by atoms with Gasteiger partial charge in [-0.1, -0.05) is 36.4 Å². The van der Waals surface area contributed by atoms with Gasteiger partial charge in [0.15, 0.2) is 0 Å². The number of phenolic OH excluding ortho intramolecular Hbond substituents is 1. The molecule has 4 rings (SSSR count). The van der Waals surface area contributed by atoms with Crippen molar-refractivity contribution in [2.24, 2.45) is 0 Å². The summed E-state index contributed by atoms with van der Waals surface area (Å²) in [5, 5.41) is 20.8. The number of rotatable bonds is 3. The summed E-state index contributed by atoms with van der Waals surface area (Å²) >= 11 is 0. The summed E-state index contributed by atoms with van der Waals surface area (Å²) < 4.78 is 0. The van der Waals surface area contributed by atoms with Crippen molar-refractivity contribution in [2.45, 2.75) is 0 Å². The molecule has 0 saturated carbocycles. The highest BCUT2D eigenvalue weighted by molar-refractivity contribution is 6.36. The molecule has 0 aliphatic carbocycles. The van der Waals surface area contributed by atoms with Crippen molar-refractivity contribution in [1.29, 1.82) is 0 Å². The Labute approximate surface area is 153 Å². The maximum Gasteiger partial charge on any atom is 0.283 e. The van der Waals surface area contributed by atoms with Gasteiger partial charge in [0.1, 0.15) is 11.3 Å². The Morgan fingerprint density at radius 2 is 1.48 bits per heavy atom. The maximum absolute atomic E-state index is 12.9. The van der Waals surface area contributed by atoms with E-state index >= 15 is 0 Å². The molecule has 1 aliphatic rings. The van der Waals surface area contributed by atoms with Crippen LogP contribution in [0.25, 0.3) is 11.1 Å². The second-order valence-electron chi connectivity index (χ2n) is 5.97. The van der Waals surface area contributed by atoms with Gasteiger partial charge in [-0.25, -0.2) is 4.90 Å². The predicted octanol–water partition coefficient (Wildman–Crippen LogP) is 3.77. The lowest BCUT2D eigenvalue weighted by molar-refractivity contribution is -0.385. The summed E-state index contributed by atoms with van der Waals surface area (Å²) in [7, 11) is 0. The number of aromatic hydroxyl groups is 1. The standard InChI is InChI=1S/C20H12N2O5/c23-13-10-8-12(9-11-13)14-4-1-2-6-16(14)21-19(24)15-5-3-7-17(22(26)27)18(15)20(21)25/h1-11,23H. The molecular weight excluding hydrogens is 348 g/mol. The number of amides is 2. The minimum absolute atomic E-state index is 0.00899. The number of carbonyl (C=O) groups excluding carboxylic acids is 2. The number of nitro benzene ring substituents is 1. The smallest absolute Gasteiger partial charge is 0.283 e. The van der Waals surface area contributed by atoms with Crippen LogP contribution in [-0.2, 0) is 0 Å². The summed E-state index contributed by atoms with van der Waals surface area (Å²) in [6.07, 6.45) is 0. The molecule has 0 spiro atoms. The van der Waals surface area contributed by atoms with Gasteiger partial charge in [-0.05, 0) is 29.8 Å². The molecule has 0 saturated heterocycles. The van der Waals surface area contributed by atoms with Gasteiger partial charge < -0.3 is 5.11 Å². The number of nitro groups is 1. The van der Waals surface area contributed by atoms with E-state index in [9.17, 15) is 24.8 Å². The molecule has 2 amide bonds. The molecule has 7 heteroatoms. The first-order valence-corrected chi connectivity index (χ1v) is 8.03. The number of hydrogen-bond donors (Lipinski definition) is 1. The molecule has 7 nitrogen and oxygen atoms in total. The number of para-hydroxylation sites is 1. The number of nitrogens with zero attached hydrogens (tertiary/aromatic N) is 2. The third-order valence-corrected chi connectivity index (χ3v) is 4.41. The lowest BCUT2D eigenvalue weighted by Gasteiger charge is -2.18. The zero-order chi connectivity index (χ0) is 19.1. The van der Waals surface area contributed by atoms with Gasteiger partial charge in [0.2, 0.25) is 0 Å². The SMILES string of the molecule is O=C1c2cccc([N+](=O)[O-])c2C(=O)N1c1ccccc1-c1ccc(O)cc1. The molecule has 0 aromatic heterocycles. The van der Waals surface area contributed by atoms with Gasteiger partial charge in [0, 0.05) is 11.6 Å². The Morgan fingerprint density at radius 1 is 0.815 bits per heavy atom. The Balaban J connectivity index is 1.88. The Morgan fingerprint density at radius 3 is 2.19 bits per heavy atom. The zero-order valence-corrected chi connectivity index (χ0v) is 13.8. The van der Waals surface area contributed by atoms with Crippen LogP contribution in [0, 0.1) is 10.1 Å². The highest BCUT2D eigenvalue weighted by Gasteiger charge is 2.42. The van der Waals surface area contributed by atoms with Crippen LogP contribution in [0.1, 0.15) is 20.7 Å². The van der Waals surface area contributed by atoms with Gasteiger partial charge in [-0.3, -0.25) is 19.7 Å². The summed E-state index contributed by atoms with van der Waals surface area (Å²) in [5.74, 6) is -1.24. The van der Waals surface area contributed by atoms with E-state index in [-0.39, 0.29) is 16.9 Å². The van der Waals surface area contributed by atoms with Crippen LogP contribution in [0.5, 0.6) is 5.75 Å².